The predicted molar refractivity (Wildman–Crippen MR) is 83.5 cm³/mol. The third-order valence-corrected chi connectivity index (χ3v) is 3.09. The van der Waals surface area contributed by atoms with Crippen molar-refractivity contribution in [3.8, 4) is 11.8 Å². The van der Waals surface area contributed by atoms with Crippen molar-refractivity contribution in [1.82, 2.24) is 0 Å². The first-order chi connectivity index (χ1) is 10.6. The summed E-state index contributed by atoms with van der Waals surface area (Å²) < 4.78 is 5.70. The maximum atomic E-state index is 10.9. The van der Waals surface area contributed by atoms with Crippen molar-refractivity contribution in [2.45, 2.75) is 6.61 Å². The third kappa shape index (κ3) is 4.11. The Morgan fingerprint density at radius 3 is 2.73 bits per heavy atom. The summed E-state index contributed by atoms with van der Waals surface area (Å²) in [6.07, 6.45) is 1.29. The van der Waals surface area contributed by atoms with Gasteiger partial charge in [0, 0.05) is 10.6 Å². The number of ether oxygens (including phenoxy) is 1. The van der Waals surface area contributed by atoms with E-state index in [2.05, 4.69) is 0 Å². The van der Waals surface area contributed by atoms with Gasteiger partial charge >= 0.3 is 5.97 Å². The highest BCUT2D eigenvalue weighted by Gasteiger charge is 2.08. The van der Waals surface area contributed by atoms with Crippen molar-refractivity contribution in [3.63, 3.8) is 0 Å². The number of carboxylic acid groups (broad SMARTS) is 1. The quantitative estimate of drug-likeness (QED) is 0.671. The Bertz CT molecular complexity index is 762. The minimum atomic E-state index is -1.27. The molecule has 0 fully saturated rings. The van der Waals surface area contributed by atoms with Gasteiger partial charge in [0.05, 0.1) is 0 Å². The van der Waals surface area contributed by atoms with E-state index in [1.165, 1.54) is 6.08 Å². The topological polar surface area (TPSA) is 70.3 Å². The number of nitrogens with zero attached hydrogens (tertiary/aromatic N) is 1. The molecule has 0 aliphatic heterocycles. The molecule has 0 aliphatic carbocycles. The van der Waals surface area contributed by atoms with Crippen molar-refractivity contribution in [2.75, 3.05) is 0 Å². The predicted octanol–water partition coefficient (Wildman–Crippen LogP) is 3.91. The molecule has 2 aromatic carbocycles. The van der Waals surface area contributed by atoms with Crippen LogP contribution in [0, 0.1) is 11.3 Å². The van der Waals surface area contributed by atoms with Crippen LogP contribution in [0.1, 0.15) is 11.1 Å². The Balaban J connectivity index is 2.22. The van der Waals surface area contributed by atoms with Crippen LogP contribution >= 0.6 is 11.6 Å². The Morgan fingerprint density at radius 1 is 1.27 bits per heavy atom. The van der Waals surface area contributed by atoms with Gasteiger partial charge in [0.15, 0.2) is 0 Å². The minimum Gasteiger partial charge on any atom is -0.488 e. The lowest BCUT2D eigenvalue weighted by Crippen LogP contribution is -2.00. The molecule has 0 radical (unpaired) electrons. The molecule has 0 spiro atoms. The molecule has 0 unspecified atom stereocenters. The van der Waals surface area contributed by atoms with Crippen molar-refractivity contribution in [2.24, 2.45) is 0 Å². The SMILES string of the molecule is N#CC(=Cc1ccccc1OCc1cccc(Cl)c1)C(=O)O. The number of nitriles is 1. The van der Waals surface area contributed by atoms with Gasteiger partial charge in [-0.15, -0.1) is 0 Å². The number of halogens is 1. The van der Waals surface area contributed by atoms with Crippen LogP contribution in [0.4, 0.5) is 0 Å². The molecule has 2 rings (SSSR count). The van der Waals surface area contributed by atoms with E-state index in [0.717, 1.165) is 5.56 Å². The Hall–Kier alpha value is -2.77. The first kappa shape index (κ1) is 15.6. The van der Waals surface area contributed by atoms with E-state index >= 15 is 0 Å². The summed E-state index contributed by atoms with van der Waals surface area (Å²) in [7, 11) is 0. The van der Waals surface area contributed by atoms with Crippen LogP contribution in [0.3, 0.4) is 0 Å². The molecule has 0 aromatic heterocycles. The minimum absolute atomic E-state index is 0.292. The van der Waals surface area contributed by atoms with Crippen LogP contribution < -0.4 is 4.74 Å². The smallest absolute Gasteiger partial charge is 0.346 e. The number of carboxylic acids is 1. The van der Waals surface area contributed by atoms with Crippen LogP contribution in [-0.2, 0) is 11.4 Å². The fourth-order valence-electron chi connectivity index (χ4n) is 1.82. The van der Waals surface area contributed by atoms with Gasteiger partial charge in [0.2, 0.25) is 0 Å². The lowest BCUT2D eigenvalue weighted by molar-refractivity contribution is -0.132. The monoisotopic (exact) mass is 313 g/mol. The number of aliphatic carboxylic acids is 1. The fourth-order valence-corrected chi connectivity index (χ4v) is 2.03. The number of hydrogen-bond donors (Lipinski definition) is 1. The molecule has 0 amide bonds. The largest absolute Gasteiger partial charge is 0.488 e. The average molecular weight is 314 g/mol. The molecule has 0 saturated heterocycles. The number of rotatable bonds is 5. The molecule has 2 aromatic rings. The average Bonchev–Trinajstić information content (AvgIpc) is 2.51. The molecule has 0 atom stereocenters. The molecule has 0 heterocycles. The Morgan fingerprint density at radius 2 is 2.05 bits per heavy atom. The highest BCUT2D eigenvalue weighted by molar-refractivity contribution is 6.30. The molecule has 0 bridgehead atoms. The summed E-state index contributed by atoms with van der Waals surface area (Å²) in [6.45, 7) is 0.292. The zero-order chi connectivity index (χ0) is 15.9. The van der Waals surface area contributed by atoms with Crippen LogP contribution in [0.5, 0.6) is 5.75 Å². The summed E-state index contributed by atoms with van der Waals surface area (Å²) in [4.78, 5) is 10.9. The van der Waals surface area contributed by atoms with Gasteiger partial charge in [0.25, 0.3) is 0 Å². The molecule has 1 N–H and O–H groups in total. The van der Waals surface area contributed by atoms with Gasteiger partial charge in [0.1, 0.15) is 24.0 Å². The maximum Gasteiger partial charge on any atom is 0.346 e. The fraction of sp³-hybridized carbons (Fsp3) is 0.0588. The summed E-state index contributed by atoms with van der Waals surface area (Å²) in [5.74, 6) is -0.774. The van der Waals surface area contributed by atoms with E-state index in [1.54, 1.807) is 42.5 Å². The van der Waals surface area contributed by atoms with E-state index in [9.17, 15) is 4.79 Å². The number of para-hydroxylation sites is 1. The first-order valence-corrected chi connectivity index (χ1v) is 6.79. The first-order valence-electron chi connectivity index (χ1n) is 6.41. The van der Waals surface area contributed by atoms with Crippen molar-refractivity contribution in [1.29, 1.82) is 5.26 Å². The molecule has 22 heavy (non-hydrogen) atoms. The number of carbonyl (C=O) groups is 1. The van der Waals surface area contributed by atoms with Crippen LogP contribution in [0.2, 0.25) is 5.02 Å². The van der Waals surface area contributed by atoms with E-state index in [-0.39, 0.29) is 5.57 Å². The van der Waals surface area contributed by atoms with Gasteiger partial charge in [-0.1, -0.05) is 41.9 Å². The van der Waals surface area contributed by atoms with E-state index in [4.69, 9.17) is 26.7 Å². The van der Waals surface area contributed by atoms with Crippen LogP contribution in [0.25, 0.3) is 6.08 Å². The Labute approximate surface area is 132 Å². The van der Waals surface area contributed by atoms with Crippen molar-refractivity contribution in [3.05, 3.63) is 70.3 Å². The summed E-state index contributed by atoms with van der Waals surface area (Å²) in [5.41, 5.74) is 1.08. The third-order valence-electron chi connectivity index (χ3n) is 2.85. The second kappa shape index (κ2) is 7.30. The maximum absolute atomic E-state index is 10.9. The van der Waals surface area contributed by atoms with Gasteiger partial charge in [-0.05, 0) is 29.8 Å². The highest BCUT2D eigenvalue weighted by atomic mass is 35.5. The molecule has 4 nitrogen and oxygen atoms in total. The zero-order valence-electron chi connectivity index (χ0n) is 11.5. The lowest BCUT2D eigenvalue weighted by atomic mass is 10.1. The van der Waals surface area contributed by atoms with Gasteiger partial charge < -0.3 is 9.84 Å². The Kier molecular flexibility index (Phi) is 5.18. The van der Waals surface area contributed by atoms with Gasteiger partial charge in [-0.25, -0.2) is 4.79 Å². The van der Waals surface area contributed by atoms with Gasteiger partial charge in [-0.3, -0.25) is 0 Å². The normalized spacial score (nSPS) is 10.8. The number of hydrogen-bond acceptors (Lipinski definition) is 3. The van der Waals surface area contributed by atoms with Crippen molar-refractivity contribution < 1.29 is 14.6 Å². The zero-order valence-corrected chi connectivity index (χ0v) is 12.2. The summed E-state index contributed by atoms with van der Waals surface area (Å²) in [5, 5.41) is 18.4. The molecule has 110 valence electrons. The second-order valence-electron chi connectivity index (χ2n) is 4.43. The van der Waals surface area contributed by atoms with Gasteiger partial charge in [-0.2, -0.15) is 5.26 Å². The lowest BCUT2D eigenvalue weighted by Gasteiger charge is -2.09. The van der Waals surface area contributed by atoms with Crippen molar-refractivity contribution >= 4 is 23.6 Å². The second-order valence-corrected chi connectivity index (χ2v) is 4.87. The van der Waals surface area contributed by atoms with Crippen LogP contribution in [0.15, 0.2) is 54.1 Å². The molecule has 0 aliphatic rings. The highest BCUT2D eigenvalue weighted by Crippen LogP contribution is 2.22. The molecule has 0 saturated carbocycles. The van der Waals surface area contributed by atoms with Crippen LogP contribution in [-0.4, -0.2) is 11.1 Å². The molecular formula is C17H12ClNO3. The van der Waals surface area contributed by atoms with E-state index in [1.807, 2.05) is 12.1 Å². The van der Waals surface area contributed by atoms with E-state index in [0.29, 0.717) is 22.9 Å². The molecule has 5 heteroatoms. The number of benzene rings is 2. The standard InChI is InChI=1S/C17H12ClNO3/c18-15-6-3-4-12(8-15)11-22-16-7-2-1-5-13(16)9-14(10-19)17(20)21/h1-9H,11H2,(H,20,21). The van der Waals surface area contributed by atoms with E-state index < -0.39 is 5.97 Å². The summed E-state index contributed by atoms with van der Waals surface area (Å²) >= 11 is 5.91. The molecular weight excluding hydrogens is 302 g/mol. The summed E-state index contributed by atoms with van der Waals surface area (Å²) in [6, 6.07) is 15.8.